The predicted octanol–water partition coefficient (Wildman–Crippen LogP) is 0.953. The summed E-state index contributed by atoms with van der Waals surface area (Å²) in [5.41, 5.74) is 0. The summed E-state index contributed by atoms with van der Waals surface area (Å²) in [5.74, 6) is 0. The Morgan fingerprint density at radius 3 is 2.33 bits per heavy atom. The second-order valence-corrected chi connectivity index (χ2v) is 5.01. The Hall–Kier alpha value is -0.910. The molecule has 5 heteroatoms. The van der Waals surface area contributed by atoms with E-state index in [2.05, 4.69) is 0 Å². The molecule has 0 amide bonds. The topological polar surface area (TPSA) is 46.6 Å². The Kier molecular flexibility index (Phi) is 4.26. The highest BCUT2D eigenvalue weighted by atomic mass is 32.2. The van der Waals surface area contributed by atoms with Gasteiger partial charge < -0.3 is 4.90 Å². The van der Waals surface area contributed by atoms with Crippen LogP contribution in [0.25, 0.3) is 0 Å². The Balaban J connectivity index is 2.61. The van der Waals surface area contributed by atoms with Crippen LogP contribution in [0.3, 0.4) is 0 Å². The number of nitrogens with zero attached hydrogens (tertiary/aromatic N) is 1. The molecule has 0 radical (unpaired) electrons. The van der Waals surface area contributed by atoms with Crippen LogP contribution in [0.5, 0.6) is 0 Å². The molecule has 0 aliphatic carbocycles. The van der Waals surface area contributed by atoms with Gasteiger partial charge in [0.15, 0.2) is 0 Å². The van der Waals surface area contributed by atoms with E-state index in [1.165, 1.54) is 12.1 Å². The van der Waals surface area contributed by atoms with Crippen LogP contribution in [0.4, 0.5) is 0 Å². The predicted molar refractivity (Wildman–Crippen MR) is 58.1 cm³/mol. The minimum absolute atomic E-state index is 0.171. The van der Waals surface area contributed by atoms with Crippen molar-refractivity contribution < 1.29 is 12.6 Å². The van der Waals surface area contributed by atoms with Crippen LogP contribution in [0.15, 0.2) is 35.2 Å². The van der Waals surface area contributed by atoms with Crippen LogP contribution in [-0.4, -0.2) is 40.6 Å². The van der Waals surface area contributed by atoms with E-state index in [-0.39, 0.29) is 11.5 Å². The highest BCUT2D eigenvalue weighted by molar-refractivity contribution is 7.86. The number of likely N-dealkylation sites (N-methyl/N-ethyl adjacent to an activating group) is 1. The van der Waals surface area contributed by atoms with Crippen molar-refractivity contribution in [2.24, 2.45) is 0 Å². The molecule has 0 bridgehead atoms. The van der Waals surface area contributed by atoms with Crippen molar-refractivity contribution in [2.75, 3.05) is 27.2 Å². The summed E-state index contributed by atoms with van der Waals surface area (Å²) in [4.78, 5) is 2.06. The summed E-state index contributed by atoms with van der Waals surface area (Å²) in [6, 6.07) is 8.14. The van der Waals surface area contributed by atoms with Crippen molar-refractivity contribution in [3.63, 3.8) is 0 Å². The first kappa shape index (κ1) is 12.2. The van der Waals surface area contributed by atoms with Gasteiger partial charge in [-0.25, -0.2) is 0 Å². The zero-order valence-corrected chi connectivity index (χ0v) is 9.70. The molecule has 0 aliphatic heterocycles. The number of hydrogen-bond donors (Lipinski definition) is 0. The SMILES string of the molecule is CN(C)CCOS(=O)(=O)c1ccccc1. The van der Waals surface area contributed by atoms with Gasteiger partial charge in [0.2, 0.25) is 0 Å². The molecule has 15 heavy (non-hydrogen) atoms. The Morgan fingerprint density at radius 2 is 1.80 bits per heavy atom. The fourth-order valence-electron chi connectivity index (χ4n) is 0.985. The quantitative estimate of drug-likeness (QED) is 0.705. The summed E-state index contributed by atoms with van der Waals surface area (Å²) < 4.78 is 28.0. The molecule has 1 aromatic rings. The van der Waals surface area contributed by atoms with Gasteiger partial charge in [-0.1, -0.05) is 18.2 Å². The first-order valence-corrected chi connectivity index (χ1v) is 6.02. The average molecular weight is 229 g/mol. The minimum Gasteiger partial charge on any atom is -0.307 e. The summed E-state index contributed by atoms with van der Waals surface area (Å²) in [7, 11) is 0.137. The molecule has 0 saturated heterocycles. The van der Waals surface area contributed by atoms with E-state index >= 15 is 0 Å². The zero-order valence-electron chi connectivity index (χ0n) is 8.88. The Labute approximate surface area is 90.6 Å². The van der Waals surface area contributed by atoms with Gasteiger partial charge in [0.1, 0.15) is 0 Å². The molecule has 84 valence electrons. The summed E-state index contributed by atoms with van der Waals surface area (Å²) in [5, 5.41) is 0. The summed E-state index contributed by atoms with van der Waals surface area (Å²) >= 11 is 0. The van der Waals surface area contributed by atoms with Crippen molar-refractivity contribution in [1.82, 2.24) is 4.90 Å². The van der Waals surface area contributed by atoms with Crippen LogP contribution in [0.1, 0.15) is 0 Å². The normalized spacial score (nSPS) is 11.9. The largest absolute Gasteiger partial charge is 0.307 e. The third-order valence-electron chi connectivity index (χ3n) is 1.81. The molecule has 0 saturated carbocycles. The first-order chi connectivity index (χ1) is 7.02. The van der Waals surface area contributed by atoms with Crippen LogP contribution in [-0.2, 0) is 14.3 Å². The fraction of sp³-hybridized carbons (Fsp3) is 0.400. The van der Waals surface area contributed by atoms with Crippen LogP contribution in [0.2, 0.25) is 0 Å². The van der Waals surface area contributed by atoms with Crippen LogP contribution < -0.4 is 0 Å². The minimum atomic E-state index is -3.58. The van der Waals surface area contributed by atoms with Gasteiger partial charge in [-0.2, -0.15) is 8.42 Å². The molecule has 1 rings (SSSR count). The van der Waals surface area contributed by atoms with Crippen molar-refractivity contribution in [3.05, 3.63) is 30.3 Å². The van der Waals surface area contributed by atoms with E-state index in [0.717, 1.165) is 0 Å². The molecular formula is C10H15NO3S. The molecule has 0 aromatic heterocycles. The maximum atomic E-state index is 11.6. The van der Waals surface area contributed by atoms with E-state index in [1.54, 1.807) is 18.2 Å². The smallest absolute Gasteiger partial charge is 0.297 e. The van der Waals surface area contributed by atoms with Crippen LogP contribution in [0, 0.1) is 0 Å². The van der Waals surface area contributed by atoms with Crippen molar-refractivity contribution >= 4 is 10.1 Å². The standard InChI is InChI=1S/C10H15NO3S/c1-11(2)8-9-14-15(12,13)10-6-4-3-5-7-10/h3-7H,8-9H2,1-2H3. The molecular weight excluding hydrogens is 214 g/mol. The molecule has 0 N–H and O–H groups in total. The molecule has 0 fully saturated rings. The van der Waals surface area contributed by atoms with Crippen molar-refractivity contribution in [2.45, 2.75) is 4.90 Å². The van der Waals surface area contributed by atoms with Gasteiger partial charge in [0.05, 0.1) is 11.5 Å². The molecule has 4 nitrogen and oxygen atoms in total. The lowest BCUT2D eigenvalue weighted by atomic mass is 10.4. The highest BCUT2D eigenvalue weighted by Gasteiger charge is 2.13. The third-order valence-corrected chi connectivity index (χ3v) is 3.14. The van der Waals surface area contributed by atoms with E-state index in [1.807, 2.05) is 19.0 Å². The highest BCUT2D eigenvalue weighted by Crippen LogP contribution is 2.10. The Bertz CT molecular complexity index is 386. The first-order valence-electron chi connectivity index (χ1n) is 4.61. The molecule has 0 heterocycles. The zero-order chi connectivity index (χ0) is 11.3. The monoisotopic (exact) mass is 229 g/mol. The van der Waals surface area contributed by atoms with Gasteiger partial charge in [-0.15, -0.1) is 0 Å². The lowest BCUT2D eigenvalue weighted by Crippen LogP contribution is -2.20. The Morgan fingerprint density at radius 1 is 1.20 bits per heavy atom. The lowest BCUT2D eigenvalue weighted by Gasteiger charge is -2.09. The van der Waals surface area contributed by atoms with Gasteiger partial charge in [0.25, 0.3) is 10.1 Å². The maximum Gasteiger partial charge on any atom is 0.297 e. The third kappa shape index (κ3) is 3.99. The van der Waals surface area contributed by atoms with E-state index in [0.29, 0.717) is 6.54 Å². The van der Waals surface area contributed by atoms with Gasteiger partial charge in [0, 0.05) is 6.54 Å². The van der Waals surface area contributed by atoms with Gasteiger partial charge in [-0.05, 0) is 26.2 Å². The molecule has 0 spiro atoms. The van der Waals surface area contributed by atoms with E-state index in [4.69, 9.17) is 4.18 Å². The second kappa shape index (κ2) is 5.25. The maximum absolute atomic E-state index is 11.6. The van der Waals surface area contributed by atoms with Gasteiger partial charge >= 0.3 is 0 Å². The number of hydrogen-bond acceptors (Lipinski definition) is 4. The molecule has 0 atom stereocenters. The molecule has 1 aromatic carbocycles. The number of benzene rings is 1. The molecule has 0 aliphatic rings. The summed E-state index contributed by atoms with van der Waals surface area (Å²) in [6.07, 6.45) is 0. The number of rotatable bonds is 5. The second-order valence-electron chi connectivity index (χ2n) is 3.39. The van der Waals surface area contributed by atoms with E-state index in [9.17, 15) is 8.42 Å². The van der Waals surface area contributed by atoms with Crippen LogP contribution >= 0.6 is 0 Å². The average Bonchev–Trinajstić information content (AvgIpc) is 2.18. The van der Waals surface area contributed by atoms with Crippen molar-refractivity contribution in [1.29, 1.82) is 0 Å². The van der Waals surface area contributed by atoms with E-state index < -0.39 is 10.1 Å². The van der Waals surface area contributed by atoms with Gasteiger partial charge in [-0.3, -0.25) is 4.18 Å². The van der Waals surface area contributed by atoms with Crippen molar-refractivity contribution in [3.8, 4) is 0 Å². The fourth-order valence-corrected chi connectivity index (χ4v) is 1.91. The summed E-state index contributed by atoms with van der Waals surface area (Å²) in [6.45, 7) is 0.746. The molecule has 0 unspecified atom stereocenters. The lowest BCUT2D eigenvalue weighted by molar-refractivity contribution is 0.265.